The largest absolute Gasteiger partial charge is 0.493 e. The number of halogens is 1. The molecule has 0 bridgehead atoms. The summed E-state index contributed by atoms with van der Waals surface area (Å²) < 4.78 is 11.5. The number of benzene rings is 1. The van der Waals surface area contributed by atoms with E-state index in [9.17, 15) is 4.79 Å². The Morgan fingerprint density at radius 1 is 1.40 bits per heavy atom. The summed E-state index contributed by atoms with van der Waals surface area (Å²) in [6.07, 6.45) is -0.0933. The molecule has 1 aromatic heterocycles. The molecule has 0 radical (unpaired) electrons. The second kappa shape index (κ2) is 6.23. The standard InChI is InChI=1S/C13H12BrNO4S/c1-18-10-4-7(14)3-9(12(10)19-2)13-15-8(6-20-13)5-11(16)17/h3-4,6H,5H2,1-2H3,(H,16,17). The topological polar surface area (TPSA) is 68.7 Å². The number of aromatic nitrogens is 1. The fourth-order valence-electron chi connectivity index (χ4n) is 1.76. The van der Waals surface area contributed by atoms with E-state index in [0.717, 1.165) is 10.0 Å². The summed E-state index contributed by atoms with van der Waals surface area (Å²) in [5, 5.41) is 11.2. The third-order valence-corrected chi connectivity index (χ3v) is 3.94. The first-order valence-electron chi connectivity index (χ1n) is 5.63. The maximum absolute atomic E-state index is 10.7. The van der Waals surface area contributed by atoms with Crippen LogP contribution in [0.1, 0.15) is 5.69 Å². The molecule has 0 atom stereocenters. The van der Waals surface area contributed by atoms with Crippen LogP contribution in [0.3, 0.4) is 0 Å². The molecule has 2 aromatic rings. The van der Waals surface area contributed by atoms with Crippen molar-refractivity contribution < 1.29 is 19.4 Å². The van der Waals surface area contributed by atoms with E-state index >= 15 is 0 Å². The second-order valence-electron chi connectivity index (χ2n) is 3.90. The van der Waals surface area contributed by atoms with Gasteiger partial charge in [-0.15, -0.1) is 11.3 Å². The van der Waals surface area contributed by atoms with Crippen LogP contribution < -0.4 is 9.47 Å². The van der Waals surface area contributed by atoms with Gasteiger partial charge in [0.05, 0.1) is 31.9 Å². The lowest BCUT2D eigenvalue weighted by atomic mass is 10.2. The number of rotatable bonds is 5. The quantitative estimate of drug-likeness (QED) is 0.889. The Morgan fingerprint density at radius 3 is 2.75 bits per heavy atom. The smallest absolute Gasteiger partial charge is 0.309 e. The summed E-state index contributed by atoms with van der Waals surface area (Å²) in [4.78, 5) is 15.0. The maximum Gasteiger partial charge on any atom is 0.309 e. The first-order chi connectivity index (χ1) is 9.55. The average molecular weight is 358 g/mol. The molecule has 7 heteroatoms. The molecule has 106 valence electrons. The number of nitrogens with zero attached hydrogens (tertiary/aromatic N) is 1. The van der Waals surface area contributed by atoms with Crippen LogP contribution in [0.15, 0.2) is 22.0 Å². The van der Waals surface area contributed by atoms with Crippen molar-refractivity contribution in [2.24, 2.45) is 0 Å². The number of thiazole rings is 1. The third kappa shape index (κ3) is 3.10. The number of methoxy groups -OCH3 is 2. The van der Waals surface area contributed by atoms with E-state index in [0.29, 0.717) is 22.2 Å². The van der Waals surface area contributed by atoms with Gasteiger partial charge in [0.25, 0.3) is 0 Å². The van der Waals surface area contributed by atoms with Crippen LogP contribution in [0.25, 0.3) is 10.6 Å². The molecule has 1 aromatic carbocycles. The van der Waals surface area contributed by atoms with Crippen molar-refractivity contribution >= 4 is 33.2 Å². The number of aliphatic carboxylic acids is 1. The molecule has 0 aliphatic carbocycles. The van der Waals surface area contributed by atoms with E-state index in [4.69, 9.17) is 14.6 Å². The molecule has 20 heavy (non-hydrogen) atoms. The lowest BCUT2D eigenvalue weighted by Crippen LogP contribution is -2.00. The summed E-state index contributed by atoms with van der Waals surface area (Å²) in [5.74, 6) is 0.263. The fraction of sp³-hybridized carbons (Fsp3) is 0.231. The molecular formula is C13H12BrNO4S. The van der Waals surface area contributed by atoms with Gasteiger partial charge < -0.3 is 14.6 Å². The van der Waals surface area contributed by atoms with E-state index in [-0.39, 0.29) is 6.42 Å². The number of hydrogen-bond acceptors (Lipinski definition) is 5. The molecule has 0 fully saturated rings. The lowest BCUT2D eigenvalue weighted by Gasteiger charge is -2.11. The zero-order valence-corrected chi connectivity index (χ0v) is 13.2. The molecule has 1 heterocycles. The fourth-order valence-corrected chi connectivity index (χ4v) is 3.03. The predicted molar refractivity (Wildman–Crippen MR) is 79.7 cm³/mol. The molecule has 0 aliphatic heterocycles. The van der Waals surface area contributed by atoms with Crippen LogP contribution in [0.2, 0.25) is 0 Å². The minimum atomic E-state index is -0.902. The van der Waals surface area contributed by atoms with Crippen molar-refractivity contribution in [3.63, 3.8) is 0 Å². The molecule has 0 spiro atoms. The van der Waals surface area contributed by atoms with Crippen LogP contribution in [0.4, 0.5) is 0 Å². The number of ether oxygens (including phenoxy) is 2. The zero-order valence-electron chi connectivity index (χ0n) is 10.8. The summed E-state index contributed by atoms with van der Waals surface area (Å²) in [6.45, 7) is 0. The Morgan fingerprint density at radius 2 is 2.15 bits per heavy atom. The van der Waals surface area contributed by atoms with Gasteiger partial charge in [-0.25, -0.2) is 4.98 Å². The highest BCUT2D eigenvalue weighted by molar-refractivity contribution is 9.10. The van der Waals surface area contributed by atoms with Gasteiger partial charge in [0.1, 0.15) is 5.01 Å². The molecular weight excluding hydrogens is 346 g/mol. The number of carboxylic acids is 1. The van der Waals surface area contributed by atoms with Crippen LogP contribution >= 0.6 is 27.3 Å². The monoisotopic (exact) mass is 357 g/mol. The molecule has 2 rings (SSSR count). The zero-order chi connectivity index (χ0) is 14.7. The predicted octanol–water partition coefficient (Wildman–Crippen LogP) is 3.22. The third-order valence-electron chi connectivity index (χ3n) is 2.56. The highest BCUT2D eigenvalue weighted by atomic mass is 79.9. The summed E-state index contributed by atoms with van der Waals surface area (Å²) >= 11 is 4.78. The van der Waals surface area contributed by atoms with Gasteiger partial charge in [0.15, 0.2) is 11.5 Å². The van der Waals surface area contributed by atoms with Gasteiger partial charge in [0, 0.05) is 9.85 Å². The Hall–Kier alpha value is -1.60. The summed E-state index contributed by atoms with van der Waals surface area (Å²) in [6, 6.07) is 3.67. The van der Waals surface area contributed by atoms with E-state index in [2.05, 4.69) is 20.9 Å². The van der Waals surface area contributed by atoms with Gasteiger partial charge in [-0.2, -0.15) is 0 Å². The van der Waals surface area contributed by atoms with Crippen molar-refractivity contribution in [2.75, 3.05) is 14.2 Å². The van der Waals surface area contributed by atoms with Crippen LogP contribution in [0.5, 0.6) is 11.5 Å². The first-order valence-corrected chi connectivity index (χ1v) is 7.30. The van der Waals surface area contributed by atoms with E-state index in [1.807, 2.05) is 6.07 Å². The van der Waals surface area contributed by atoms with Crippen molar-refractivity contribution in [1.82, 2.24) is 4.98 Å². The molecule has 5 nitrogen and oxygen atoms in total. The van der Waals surface area contributed by atoms with E-state index in [1.54, 1.807) is 25.7 Å². The summed E-state index contributed by atoms with van der Waals surface area (Å²) in [7, 11) is 3.12. The Kier molecular flexibility index (Phi) is 4.61. The van der Waals surface area contributed by atoms with Crippen molar-refractivity contribution in [3.05, 3.63) is 27.7 Å². The normalized spacial score (nSPS) is 10.3. The van der Waals surface area contributed by atoms with Gasteiger partial charge >= 0.3 is 5.97 Å². The number of carbonyl (C=O) groups is 1. The van der Waals surface area contributed by atoms with E-state index in [1.165, 1.54) is 11.3 Å². The average Bonchev–Trinajstić information content (AvgIpc) is 2.85. The molecule has 0 aliphatic rings. The molecule has 0 saturated carbocycles. The maximum atomic E-state index is 10.7. The molecule has 0 unspecified atom stereocenters. The van der Waals surface area contributed by atoms with E-state index < -0.39 is 5.97 Å². The minimum Gasteiger partial charge on any atom is -0.493 e. The molecule has 1 N–H and O–H groups in total. The van der Waals surface area contributed by atoms with Gasteiger partial charge in [-0.05, 0) is 12.1 Å². The van der Waals surface area contributed by atoms with Crippen molar-refractivity contribution in [3.8, 4) is 22.1 Å². The Labute approximate surface area is 128 Å². The van der Waals surface area contributed by atoms with Crippen molar-refractivity contribution in [1.29, 1.82) is 0 Å². The number of hydrogen-bond donors (Lipinski definition) is 1. The van der Waals surface area contributed by atoms with Crippen molar-refractivity contribution in [2.45, 2.75) is 6.42 Å². The highest BCUT2D eigenvalue weighted by Crippen LogP contribution is 2.41. The van der Waals surface area contributed by atoms with Crippen LogP contribution in [0, 0.1) is 0 Å². The SMILES string of the molecule is COc1cc(Br)cc(-c2nc(CC(=O)O)cs2)c1OC. The Balaban J connectivity index is 2.48. The van der Waals surface area contributed by atoms with Gasteiger partial charge in [-0.3, -0.25) is 4.79 Å². The second-order valence-corrected chi connectivity index (χ2v) is 5.68. The molecule has 0 amide bonds. The van der Waals surface area contributed by atoms with Crippen LogP contribution in [-0.4, -0.2) is 30.3 Å². The summed E-state index contributed by atoms with van der Waals surface area (Å²) in [5.41, 5.74) is 1.29. The molecule has 0 saturated heterocycles. The minimum absolute atomic E-state index is 0.0933. The lowest BCUT2D eigenvalue weighted by molar-refractivity contribution is -0.136. The Bertz CT molecular complexity index is 641. The first kappa shape index (κ1) is 14.8. The van der Waals surface area contributed by atoms with Gasteiger partial charge in [0.2, 0.25) is 0 Å². The van der Waals surface area contributed by atoms with Crippen LogP contribution in [-0.2, 0) is 11.2 Å². The number of carboxylic acid groups (broad SMARTS) is 1. The van der Waals surface area contributed by atoms with Gasteiger partial charge in [-0.1, -0.05) is 15.9 Å². The highest BCUT2D eigenvalue weighted by Gasteiger charge is 2.17.